The zero-order valence-corrected chi connectivity index (χ0v) is 23.5. The smallest absolute Gasteiger partial charge is 0.416 e. The first-order chi connectivity index (χ1) is 18.4. The van der Waals surface area contributed by atoms with Crippen LogP contribution in [0.1, 0.15) is 57.5 Å². The molecule has 1 aliphatic carbocycles. The Bertz CT molecular complexity index is 1320. The first kappa shape index (κ1) is 32.3. The standard InChI is InChI=1S/C23H17Cl4F6N3O3S/c24-15-13(14(20(38)39)16(25)18(27)17(15)26)19(37)35-11-3-1-2-4-12(11)36-21(40)34-10-6-8(22(28,29)30)5-9(7-10)23(31,32)33/h5-7,11-12H,1-4H2,(H,35,37)(H,38,39)(H2,34,36,40)/t11-,12-/m0/s1. The van der Waals surface area contributed by atoms with Gasteiger partial charge in [0.05, 0.1) is 42.3 Å². The molecule has 0 aromatic heterocycles. The SMILES string of the molecule is O=C(O)c1c(Cl)c(Cl)c(Cl)c(Cl)c1C(=O)N[C@H]1CCCC[C@@H]1NC(=S)Nc1cc(C(F)(F)F)cc(C(F)(F)F)c1. The van der Waals surface area contributed by atoms with Crippen molar-refractivity contribution in [2.75, 3.05) is 5.32 Å². The Morgan fingerprint density at radius 3 is 1.68 bits per heavy atom. The Hall–Kier alpha value is -2.19. The summed E-state index contributed by atoms with van der Waals surface area (Å²) in [7, 11) is 0. The van der Waals surface area contributed by atoms with Gasteiger partial charge in [-0.3, -0.25) is 4.79 Å². The second kappa shape index (κ2) is 12.4. The fourth-order valence-corrected chi connectivity index (χ4v) is 5.41. The van der Waals surface area contributed by atoms with Crippen molar-refractivity contribution in [2.45, 2.75) is 50.1 Å². The molecule has 2 atom stereocenters. The Labute approximate surface area is 248 Å². The molecule has 0 bridgehead atoms. The molecule has 0 aliphatic heterocycles. The predicted molar refractivity (Wildman–Crippen MR) is 143 cm³/mol. The fraction of sp³-hybridized carbons (Fsp3) is 0.348. The first-order valence-corrected chi connectivity index (χ1v) is 13.1. The number of rotatable bonds is 5. The van der Waals surface area contributed by atoms with E-state index in [1.54, 1.807) is 0 Å². The maximum Gasteiger partial charge on any atom is 0.416 e. The predicted octanol–water partition coefficient (Wildman–Crippen LogP) is 8.06. The zero-order valence-electron chi connectivity index (χ0n) is 19.7. The largest absolute Gasteiger partial charge is 0.478 e. The summed E-state index contributed by atoms with van der Waals surface area (Å²) in [5, 5.41) is 15.4. The quantitative estimate of drug-likeness (QED) is 0.111. The number of benzene rings is 2. The third kappa shape index (κ3) is 7.35. The van der Waals surface area contributed by atoms with Crippen molar-refractivity contribution in [3.63, 3.8) is 0 Å². The van der Waals surface area contributed by atoms with E-state index in [-0.39, 0.29) is 21.2 Å². The first-order valence-electron chi connectivity index (χ1n) is 11.2. The number of hydrogen-bond donors (Lipinski definition) is 4. The number of alkyl halides is 6. The minimum Gasteiger partial charge on any atom is -0.478 e. The van der Waals surface area contributed by atoms with E-state index < -0.39 is 74.3 Å². The Kier molecular flexibility index (Phi) is 9.99. The molecule has 17 heteroatoms. The van der Waals surface area contributed by atoms with Crippen LogP contribution in [0.2, 0.25) is 20.1 Å². The lowest BCUT2D eigenvalue weighted by atomic mass is 9.90. The van der Waals surface area contributed by atoms with Crippen LogP contribution in [0.5, 0.6) is 0 Å². The lowest BCUT2D eigenvalue weighted by Crippen LogP contribution is -2.54. The number of carbonyl (C=O) groups excluding carboxylic acids is 1. The van der Waals surface area contributed by atoms with Gasteiger partial charge in [-0.25, -0.2) is 4.79 Å². The van der Waals surface area contributed by atoms with Crippen molar-refractivity contribution in [3.05, 3.63) is 60.5 Å². The van der Waals surface area contributed by atoms with Gasteiger partial charge < -0.3 is 21.1 Å². The topological polar surface area (TPSA) is 90.5 Å². The van der Waals surface area contributed by atoms with Gasteiger partial charge in [0.15, 0.2) is 5.11 Å². The van der Waals surface area contributed by atoms with E-state index in [9.17, 15) is 41.0 Å². The third-order valence-electron chi connectivity index (χ3n) is 5.95. The van der Waals surface area contributed by atoms with Gasteiger partial charge in [-0.2, -0.15) is 26.3 Å². The van der Waals surface area contributed by atoms with E-state index in [4.69, 9.17) is 58.6 Å². The van der Waals surface area contributed by atoms with Gasteiger partial charge in [0, 0.05) is 17.8 Å². The number of aromatic carboxylic acids is 1. The molecule has 2 aromatic carbocycles. The average molecular weight is 671 g/mol. The highest BCUT2D eigenvalue weighted by Crippen LogP contribution is 2.42. The van der Waals surface area contributed by atoms with Crippen LogP contribution in [0, 0.1) is 0 Å². The van der Waals surface area contributed by atoms with E-state index >= 15 is 0 Å². The Morgan fingerprint density at radius 2 is 1.23 bits per heavy atom. The maximum atomic E-state index is 13.2. The molecule has 1 saturated carbocycles. The molecule has 0 heterocycles. The van der Waals surface area contributed by atoms with Crippen LogP contribution >= 0.6 is 58.6 Å². The number of nitrogens with one attached hydrogen (secondary N) is 3. The van der Waals surface area contributed by atoms with Crippen LogP contribution in [-0.2, 0) is 12.4 Å². The van der Waals surface area contributed by atoms with Gasteiger partial charge in [-0.1, -0.05) is 59.2 Å². The normalized spacial score (nSPS) is 17.8. The van der Waals surface area contributed by atoms with Crippen molar-refractivity contribution in [1.82, 2.24) is 10.6 Å². The van der Waals surface area contributed by atoms with E-state index in [1.807, 2.05) is 0 Å². The van der Waals surface area contributed by atoms with Gasteiger partial charge in [0.25, 0.3) is 5.91 Å². The van der Waals surface area contributed by atoms with Gasteiger partial charge in [0.1, 0.15) is 0 Å². The maximum absolute atomic E-state index is 13.2. The molecule has 1 fully saturated rings. The van der Waals surface area contributed by atoms with E-state index in [1.165, 1.54) is 0 Å². The molecule has 4 N–H and O–H groups in total. The van der Waals surface area contributed by atoms with Crippen LogP contribution in [-0.4, -0.2) is 34.2 Å². The second-order valence-corrected chi connectivity index (χ2v) is 10.6. The number of carboxylic acid groups (broad SMARTS) is 1. The summed E-state index contributed by atoms with van der Waals surface area (Å²) in [6.45, 7) is 0. The molecule has 2 aromatic rings. The molecule has 0 spiro atoms. The minimum atomic E-state index is -5.05. The van der Waals surface area contributed by atoms with Gasteiger partial charge >= 0.3 is 18.3 Å². The highest BCUT2D eigenvalue weighted by atomic mass is 35.5. The summed E-state index contributed by atoms with van der Waals surface area (Å²) in [6, 6.07) is -0.408. The van der Waals surface area contributed by atoms with Crippen LogP contribution in [0.25, 0.3) is 0 Å². The molecule has 1 aliphatic rings. The van der Waals surface area contributed by atoms with Crippen LogP contribution < -0.4 is 16.0 Å². The Morgan fingerprint density at radius 1 is 0.775 bits per heavy atom. The minimum absolute atomic E-state index is 0.0137. The molecule has 0 saturated heterocycles. The number of hydrogen-bond acceptors (Lipinski definition) is 3. The lowest BCUT2D eigenvalue weighted by molar-refractivity contribution is -0.143. The summed E-state index contributed by atoms with van der Waals surface area (Å²) >= 11 is 29.2. The van der Waals surface area contributed by atoms with E-state index in [2.05, 4.69) is 16.0 Å². The van der Waals surface area contributed by atoms with Gasteiger partial charge in [-0.15, -0.1) is 0 Å². The zero-order chi connectivity index (χ0) is 30.2. The van der Waals surface area contributed by atoms with Gasteiger partial charge in [-0.05, 0) is 43.3 Å². The molecule has 0 unspecified atom stereocenters. The lowest BCUT2D eigenvalue weighted by Gasteiger charge is -2.34. The van der Waals surface area contributed by atoms with E-state index in [0.29, 0.717) is 37.8 Å². The highest BCUT2D eigenvalue weighted by Gasteiger charge is 2.37. The monoisotopic (exact) mass is 669 g/mol. The number of thiocarbonyl (C=S) groups is 1. The van der Waals surface area contributed by atoms with Crippen molar-refractivity contribution in [2.24, 2.45) is 0 Å². The summed E-state index contributed by atoms with van der Waals surface area (Å²) < 4.78 is 79.1. The Balaban J connectivity index is 1.83. The number of anilines is 1. The van der Waals surface area contributed by atoms with E-state index in [0.717, 1.165) is 0 Å². The summed E-state index contributed by atoms with van der Waals surface area (Å²) in [4.78, 5) is 25.0. The fourth-order valence-electron chi connectivity index (χ4n) is 4.13. The number of amides is 1. The molecular weight excluding hydrogens is 654 g/mol. The second-order valence-electron chi connectivity index (χ2n) is 8.68. The third-order valence-corrected chi connectivity index (χ3v) is 7.97. The van der Waals surface area contributed by atoms with Crippen LogP contribution in [0.15, 0.2) is 18.2 Å². The van der Waals surface area contributed by atoms with Gasteiger partial charge in [0.2, 0.25) is 0 Å². The van der Waals surface area contributed by atoms with Crippen LogP contribution in [0.3, 0.4) is 0 Å². The van der Waals surface area contributed by atoms with Crippen molar-refractivity contribution < 1.29 is 41.0 Å². The molecule has 218 valence electrons. The van der Waals surface area contributed by atoms with Crippen molar-refractivity contribution >= 4 is 81.3 Å². The molecule has 1 amide bonds. The summed E-state index contributed by atoms with van der Waals surface area (Å²) in [5.41, 5.74) is -4.83. The molecule has 3 rings (SSSR count). The van der Waals surface area contributed by atoms with Crippen molar-refractivity contribution in [3.8, 4) is 0 Å². The summed E-state index contributed by atoms with van der Waals surface area (Å²) in [6.07, 6.45) is -8.06. The molecule has 0 radical (unpaired) electrons. The molecule has 40 heavy (non-hydrogen) atoms. The van der Waals surface area contributed by atoms with Crippen LogP contribution in [0.4, 0.5) is 32.0 Å². The summed E-state index contributed by atoms with van der Waals surface area (Å²) in [5.74, 6) is -2.55. The average Bonchev–Trinajstić information content (AvgIpc) is 2.84. The molecule has 6 nitrogen and oxygen atoms in total. The van der Waals surface area contributed by atoms with Crippen molar-refractivity contribution in [1.29, 1.82) is 0 Å². The number of halogens is 10. The highest BCUT2D eigenvalue weighted by molar-refractivity contribution is 7.80. The number of carbonyl (C=O) groups is 2. The molecular formula is C23H17Cl4F6N3O3S. The number of carboxylic acids is 1.